The van der Waals surface area contributed by atoms with Crippen molar-refractivity contribution < 1.29 is 18.7 Å². The minimum atomic E-state index is -0.716. The summed E-state index contributed by atoms with van der Waals surface area (Å²) in [6.07, 6.45) is 4.56. The molecule has 0 aliphatic rings. The molecule has 1 rings (SSSR count). The normalized spacial score (nSPS) is 12.0. The van der Waals surface area contributed by atoms with E-state index in [1.54, 1.807) is 0 Å². The van der Waals surface area contributed by atoms with Crippen LogP contribution in [0.15, 0.2) is 24.3 Å². The number of unbranched alkanes of at least 4 members (excludes halogenated alkanes) is 3. The summed E-state index contributed by atoms with van der Waals surface area (Å²) < 4.78 is 18.5. The highest BCUT2D eigenvalue weighted by atomic mass is 19.1. The number of halogens is 1. The third-order valence-corrected chi connectivity index (χ3v) is 3.63. The van der Waals surface area contributed by atoms with Crippen LogP contribution in [0.5, 0.6) is 0 Å². The van der Waals surface area contributed by atoms with Gasteiger partial charge in [0.1, 0.15) is 11.9 Å². The van der Waals surface area contributed by atoms with E-state index in [4.69, 9.17) is 4.74 Å². The van der Waals surface area contributed by atoms with Gasteiger partial charge in [-0.05, 0) is 37.0 Å². The van der Waals surface area contributed by atoms with Crippen molar-refractivity contribution in [2.24, 2.45) is 5.92 Å². The van der Waals surface area contributed by atoms with Crippen LogP contribution in [0, 0.1) is 11.7 Å². The van der Waals surface area contributed by atoms with Crippen molar-refractivity contribution >= 4 is 11.9 Å². The lowest BCUT2D eigenvalue weighted by Gasteiger charge is -2.19. The number of benzene rings is 1. The number of hydrogen-bond donors (Lipinski definition) is 1. The fraction of sp³-hybridized carbons (Fsp3) is 0.579. The Kier molecular flexibility index (Phi) is 9.05. The monoisotopic (exact) mass is 337 g/mol. The van der Waals surface area contributed by atoms with E-state index in [9.17, 15) is 14.0 Å². The Hall–Kier alpha value is -1.91. The third-order valence-electron chi connectivity index (χ3n) is 3.63. The van der Waals surface area contributed by atoms with Crippen LogP contribution in [-0.2, 0) is 9.53 Å². The molecule has 0 radical (unpaired) electrons. The molecule has 134 valence electrons. The largest absolute Gasteiger partial charge is 0.464 e. The topological polar surface area (TPSA) is 55.4 Å². The number of ether oxygens (including phenoxy) is 1. The Balaban J connectivity index is 2.60. The van der Waals surface area contributed by atoms with E-state index in [1.807, 2.05) is 13.8 Å². The van der Waals surface area contributed by atoms with Crippen molar-refractivity contribution in [1.29, 1.82) is 0 Å². The van der Waals surface area contributed by atoms with Gasteiger partial charge in [-0.25, -0.2) is 9.18 Å². The molecule has 0 saturated heterocycles. The summed E-state index contributed by atoms with van der Waals surface area (Å²) in [7, 11) is 0. The number of amides is 1. The lowest BCUT2D eigenvalue weighted by molar-refractivity contribution is -0.146. The van der Waals surface area contributed by atoms with Gasteiger partial charge in [0.25, 0.3) is 5.91 Å². The maximum absolute atomic E-state index is 13.2. The molecular weight excluding hydrogens is 309 g/mol. The Bertz CT molecular complexity index is 531. The van der Waals surface area contributed by atoms with Crippen molar-refractivity contribution in [3.05, 3.63) is 35.6 Å². The SMILES string of the molecule is CCCCCCOC(=O)C(CC(C)C)NC(=O)c1cccc(F)c1. The number of carbonyl (C=O) groups is 2. The minimum absolute atomic E-state index is 0.194. The minimum Gasteiger partial charge on any atom is -0.464 e. The van der Waals surface area contributed by atoms with Crippen molar-refractivity contribution in [3.8, 4) is 0 Å². The molecule has 0 fully saturated rings. The second-order valence-corrected chi connectivity index (χ2v) is 6.39. The molecule has 0 saturated carbocycles. The van der Waals surface area contributed by atoms with Gasteiger partial charge in [-0.15, -0.1) is 0 Å². The lowest BCUT2D eigenvalue weighted by Crippen LogP contribution is -2.42. The van der Waals surface area contributed by atoms with Gasteiger partial charge in [0.2, 0.25) is 0 Å². The molecule has 0 spiro atoms. The van der Waals surface area contributed by atoms with Crippen molar-refractivity contribution in [2.45, 2.75) is 58.9 Å². The number of carbonyl (C=O) groups excluding carboxylic acids is 2. The van der Waals surface area contributed by atoms with Gasteiger partial charge in [-0.3, -0.25) is 4.79 Å². The molecule has 0 aromatic heterocycles. The summed E-state index contributed by atoms with van der Waals surface area (Å²) in [6, 6.07) is 4.69. The molecule has 0 heterocycles. The molecule has 1 N–H and O–H groups in total. The predicted molar refractivity (Wildman–Crippen MR) is 92.2 cm³/mol. The van der Waals surface area contributed by atoms with Gasteiger partial charge in [-0.1, -0.05) is 46.1 Å². The Labute approximate surface area is 143 Å². The van der Waals surface area contributed by atoms with Crippen LogP contribution in [0.4, 0.5) is 4.39 Å². The fourth-order valence-electron chi connectivity index (χ4n) is 2.36. The summed E-state index contributed by atoms with van der Waals surface area (Å²) >= 11 is 0. The van der Waals surface area contributed by atoms with Crippen LogP contribution in [0.25, 0.3) is 0 Å². The smallest absolute Gasteiger partial charge is 0.328 e. The number of nitrogens with one attached hydrogen (secondary N) is 1. The quantitative estimate of drug-likeness (QED) is 0.517. The average molecular weight is 337 g/mol. The Morgan fingerprint density at radius 1 is 1.21 bits per heavy atom. The molecular formula is C19H28FNO3. The van der Waals surface area contributed by atoms with E-state index in [1.165, 1.54) is 18.2 Å². The first-order chi connectivity index (χ1) is 11.4. The van der Waals surface area contributed by atoms with Gasteiger partial charge in [-0.2, -0.15) is 0 Å². The first-order valence-electron chi connectivity index (χ1n) is 8.67. The maximum Gasteiger partial charge on any atom is 0.328 e. The zero-order valence-corrected chi connectivity index (χ0v) is 14.8. The molecule has 1 unspecified atom stereocenters. The van der Waals surface area contributed by atoms with E-state index < -0.39 is 23.7 Å². The summed E-state index contributed by atoms with van der Waals surface area (Å²) in [5.41, 5.74) is 0.194. The molecule has 4 nitrogen and oxygen atoms in total. The molecule has 1 aromatic carbocycles. The molecule has 1 aromatic rings. The van der Waals surface area contributed by atoms with Crippen LogP contribution in [-0.4, -0.2) is 24.5 Å². The number of rotatable bonds is 10. The first kappa shape index (κ1) is 20.1. The summed E-state index contributed by atoms with van der Waals surface area (Å²) in [4.78, 5) is 24.5. The van der Waals surface area contributed by atoms with Crippen molar-refractivity contribution in [2.75, 3.05) is 6.61 Å². The second-order valence-electron chi connectivity index (χ2n) is 6.39. The second kappa shape index (κ2) is 10.8. The van der Waals surface area contributed by atoms with Gasteiger partial charge >= 0.3 is 5.97 Å². The zero-order chi connectivity index (χ0) is 17.9. The highest BCUT2D eigenvalue weighted by Gasteiger charge is 2.24. The van der Waals surface area contributed by atoms with E-state index in [2.05, 4.69) is 12.2 Å². The van der Waals surface area contributed by atoms with Gasteiger partial charge in [0.15, 0.2) is 0 Å². The molecule has 5 heteroatoms. The number of hydrogen-bond acceptors (Lipinski definition) is 3. The molecule has 1 amide bonds. The standard InChI is InChI=1S/C19H28FNO3/c1-4-5-6-7-11-24-19(23)17(12-14(2)3)21-18(22)15-9-8-10-16(20)13-15/h8-10,13-14,17H,4-7,11-12H2,1-3H3,(H,21,22). The lowest BCUT2D eigenvalue weighted by atomic mass is 10.0. The molecule has 24 heavy (non-hydrogen) atoms. The molecule has 0 aliphatic carbocycles. The van der Waals surface area contributed by atoms with E-state index >= 15 is 0 Å². The van der Waals surface area contributed by atoms with Gasteiger partial charge < -0.3 is 10.1 Å². The van der Waals surface area contributed by atoms with Gasteiger partial charge in [0.05, 0.1) is 6.61 Å². The van der Waals surface area contributed by atoms with Crippen molar-refractivity contribution in [1.82, 2.24) is 5.32 Å². The summed E-state index contributed by atoms with van der Waals surface area (Å²) in [5, 5.41) is 2.66. The van der Waals surface area contributed by atoms with Crippen LogP contribution < -0.4 is 5.32 Å². The van der Waals surface area contributed by atoms with Crippen LogP contribution in [0.3, 0.4) is 0 Å². The van der Waals surface area contributed by atoms with Crippen LogP contribution >= 0.6 is 0 Å². The molecule has 1 atom stereocenters. The van der Waals surface area contributed by atoms with E-state index in [0.717, 1.165) is 31.7 Å². The number of esters is 1. The predicted octanol–water partition coefficient (Wildman–Crippen LogP) is 4.09. The average Bonchev–Trinajstić information content (AvgIpc) is 2.53. The Morgan fingerprint density at radius 3 is 2.58 bits per heavy atom. The van der Waals surface area contributed by atoms with Gasteiger partial charge in [0, 0.05) is 5.56 Å². The van der Waals surface area contributed by atoms with E-state index in [-0.39, 0.29) is 11.5 Å². The van der Waals surface area contributed by atoms with Crippen LogP contribution in [0.1, 0.15) is 63.2 Å². The zero-order valence-electron chi connectivity index (χ0n) is 14.8. The molecule has 0 bridgehead atoms. The summed E-state index contributed by atoms with van der Waals surface area (Å²) in [5.74, 6) is -1.16. The highest BCUT2D eigenvalue weighted by molar-refractivity contribution is 5.96. The maximum atomic E-state index is 13.2. The molecule has 0 aliphatic heterocycles. The van der Waals surface area contributed by atoms with E-state index in [0.29, 0.717) is 13.0 Å². The Morgan fingerprint density at radius 2 is 1.96 bits per heavy atom. The first-order valence-corrected chi connectivity index (χ1v) is 8.67. The summed E-state index contributed by atoms with van der Waals surface area (Å²) in [6.45, 7) is 6.42. The van der Waals surface area contributed by atoms with Crippen LogP contribution in [0.2, 0.25) is 0 Å². The highest BCUT2D eigenvalue weighted by Crippen LogP contribution is 2.10. The third kappa shape index (κ3) is 7.57. The van der Waals surface area contributed by atoms with Crippen molar-refractivity contribution in [3.63, 3.8) is 0 Å². The fourth-order valence-corrected chi connectivity index (χ4v) is 2.36.